The van der Waals surface area contributed by atoms with Gasteiger partial charge in [0.25, 0.3) is 0 Å². The van der Waals surface area contributed by atoms with Crippen molar-refractivity contribution in [2.75, 3.05) is 26.2 Å². The topological polar surface area (TPSA) is 32.7 Å². The summed E-state index contributed by atoms with van der Waals surface area (Å²) in [6.07, 6.45) is 0.870. The minimum atomic E-state index is -0.428. The van der Waals surface area contributed by atoms with Crippen LogP contribution in [0.5, 0.6) is 5.75 Å². The summed E-state index contributed by atoms with van der Waals surface area (Å²) in [5.41, 5.74) is 2.36. The lowest BCUT2D eigenvalue weighted by molar-refractivity contribution is 0.0427. The minimum Gasteiger partial charge on any atom is -0.491 e. The summed E-state index contributed by atoms with van der Waals surface area (Å²) < 4.78 is 5.77. The van der Waals surface area contributed by atoms with Crippen LogP contribution in [-0.4, -0.2) is 42.4 Å². The first-order valence-corrected chi connectivity index (χ1v) is 8.04. The van der Waals surface area contributed by atoms with Gasteiger partial charge in [-0.15, -0.1) is 0 Å². The molecule has 0 unspecified atom stereocenters. The second-order valence-corrected chi connectivity index (χ2v) is 6.90. The van der Waals surface area contributed by atoms with E-state index in [1.807, 2.05) is 19.1 Å². The molecule has 1 heterocycles. The molecule has 0 radical (unpaired) electrons. The van der Waals surface area contributed by atoms with Gasteiger partial charge in [0.15, 0.2) is 0 Å². The molecule has 0 bridgehead atoms. The third-order valence-electron chi connectivity index (χ3n) is 4.18. The van der Waals surface area contributed by atoms with E-state index >= 15 is 0 Å². The number of β-amino-alcohol motifs (C(OH)–C–C–N with tert-alkyl or cyclic N) is 1. The van der Waals surface area contributed by atoms with Crippen molar-refractivity contribution >= 4 is 0 Å². The first kappa shape index (κ1) is 16.3. The molecule has 3 atom stereocenters. The van der Waals surface area contributed by atoms with E-state index in [0.29, 0.717) is 13.2 Å². The molecule has 21 heavy (non-hydrogen) atoms. The highest BCUT2D eigenvalue weighted by molar-refractivity contribution is 5.35. The number of aryl methyl sites for hydroxylation is 2. The molecule has 1 saturated heterocycles. The van der Waals surface area contributed by atoms with Crippen molar-refractivity contribution in [1.29, 1.82) is 0 Å². The van der Waals surface area contributed by atoms with Crippen LogP contribution in [0.2, 0.25) is 0 Å². The van der Waals surface area contributed by atoms with Crippen LogP contribution >= 0.6 is 0 Å². The van der Waals surface area contributed by atoms with Crippen molar-refractivity contribution in [3.8, 4) is 5.75 Å². The fourth-order valence-corrected chi connectivity index (χ4v) is 3.44. The number of rotatable bonds is 5. The van der Waals surface area contributed by atoms with Crippen molar-refractivity contribution in [2.45, 2.75) is 40.2 Å². The zero-order chi connectivity index (χ0) is 15.4. The molecule has 1 N–H and O–H groups in total. The second-order valence-electron chi connectivity index (χ2n) is 6.90. The summed E-state index contributed by atoms with van der Waals surface area (Å²) in [4.78, 5) is 2.37. The number of hydrogen-bond donors (Lipinski definition) is 1. The molecule has 2 rings (SSSR count). The minimum absolute atomic E-state index is 0.364. The van der Waals surface area contributed by atoms with E-state index < -0.39 is 6.10 Å². The smallest absolute Gasteiger partial charge is 0.122 e. The van der Waals surface area contributed by atoms with Crippen LogP contribution in [0, 0.1) is 25.7 Å². The largest absolute Gasteiger partial charge is 0.491 e. The number of ether oxygens (including phenoxy) is 1. The van der Waals surface area contributed by atoms with Crippen molar-refractivity contribution in [2.24, 2.45) is 11.8 Å². The Morgan fingerprint density at radius 2 is 1.90 bits per heavy atom. The van der Waals surface area contributed by atoms with E-state index in [9.17, 15) is 5.11 Å². The highest BCUT2D eigenvalue weighted by Crippen LogP contribution is 2.22. The molecule has 1 aromatic carbocycles. The molecule has 1 aliphatic heterocycles. The molecule has 118 valence electrons. The molecule has 1 aliphatic rings. The number of hydrogen-bond acceptors (Lipinski definition) is 3. The van der Waals surface area contributed by atoms with Gasteiger partial charge in [-0.05, 0) is 43.7 Å². The van der Waals surface area contributed by atoms with Gasteiger partial charge in [-0.25, -0.2) is 0 Å². The van der Waals surface area contributed by atoms with Gasteiger partial charge in [0.1, 0.15) is 18.5 Å². The van der Waals surface area contributed by atoms with Gasteiger partial charge in [-0.3, -0.25) is 0 Å². The number of benzene rings is 1. The number of likely N-dealkylation sites (tertiary alicyclic amines) is 1. The fourth-order valence-electron chi connectivity index (χ4n) is 3.44. The van der Waals surface area contributed by atoms with Gasteiger partial charge in [-0.1, -0.05) is 31.5 Å². The lowest BCUT2D eigenvalue weighted by atomic mass is 9.92. The quantitative estimate of drug-likeness (QED) is 0.905. The molecule has 0 aliphatic carbocycles. The summed E-state index contributed by atoms with van der Waals surface area (Å²) in [6, 6.07) is 6.14. The molecule has 3 nitrogen and oxygen atoms in total. The summed E-state index contributed by atoms with van der Waals surface area (Å²) >= 11 is 0. The summed E-state index contributed by atoms with van der Waals surface area (Å²) in [7, 11) is 0. The standard InChI is InChI=1S/C18H29NO2/c1-13-5-6-18(16(4)8-13)21-12-17(20)11-19-9-14(2)7-15(3)10-19/h5-6,8,14-15,17,20H,7,9-12H2,1-4H3/t14-,15-,17+/m1/s1. The van der Waals surface area contributed by atoms with Gasteiger partial charge in [0, 0.05) is 19.6 Å². The van der Waals surface area contributed by atoms with E-state index in [1.54, 1.807) is 0 Å². The SMILES string of the molecule is Cc1ccc(OC[C@@H](O)CN2C[C@H](C)C[C@@H](C)C2)c(C)c1. The molecular formula is C18H29NO2. The number of piperidine rings is 1. The number of aliphatic hydroxyl groups is 1. The molecule has 0 aromatic heterocycles. The Hall–Kier alpha value is -1.06. The van der Waals surface area contributed by atoms with E-state index in [4.69, 9.17) is 4.74 Å². The molecule has 1 fully saturated rings. The van der Waals surface area contributed by atoms with Crippen LogP contribution in [0.4, 0.5) is 0 Å². The fraction of sp³-hybridized carbons (Fsp3) is 0.667. The van der Waals surface area contributed by atoms with Gasteiger partial charge < -0.3 is 14.7 Å². The third kappa shape index (κ3) is 5.01. The number of aliphatic hydroxyl groups excluding tert-OH is 1. The van der Waals surface area contributed by atoms with Gasteiger partial charge in [0.2, 0.25) is 0 Å². The first-order chi connectivity index (χ1) is 9.94. The van der Waals surface area contributed by atoms with Crippen molar-refractivity contribution in [1.82, 2.24) is 4.90 Å². The van der Waals surface area contributed by atoms with Crippen LogP contribution in [0.25, 0.3) is 0 Å². The summed E-state index contributed by atoms with van der Waals surface area (Å²) in [5.74, 6) is 2.32. The normalized spacial score (nSPS) is 24.8. The average Bonchev–Trinajstić information content (AvgIpc) is 2.36. The Morgan fingerprint density at radius 3 is 2.52 bits per heavy atom. The Morgan fingerprint density at radius 1 is 1.24 bits per heavy atom. The van der Waals surface area contributed by atoms with E-state index in [1.165, 1.54) is 12.0 Å². The first-order valence-electron chi connectivity index (χ1n) is 8.04. The van der Waals surface area contributed by atoms with Crippen LogP contribution < -0.4 is 4.74 Å². The van der Waals surface area contributed by atoms with Gasteiger partial charge in [0.05, 0.1) is 0 Å². The van der Waals surface area contributed by atoms with Crippen LogP contribution in [0.1, 0.15) is 31.4 Å². The summed E-state index contributed by atoms with van der Waals surface area (Å²) in [6.45, 7) is 12.0. The lowest BCUT2D eigenvalue weighted by Crippen LogP contribution is -2.44. The van der Waals surface area contributed by atoms with E-state index in [2.05, 4.69) is 31.7 Å². The zero-order valence-electron chi connectivity index (χ0n) is 13.8. The van der Waals surface area contributed by atoms with Crippen LogP contribution in [-0.2, 0) is 0 Å². The maximum Gasteiger partial charge on any atom is 0.122 e. The summed E-state index contributed by atoms with van der Waals surface area (Å²) in [5, 5.41) is 10.2. The number of nitrogens with zero attached hydrogens (tertiary/aromatic N) is 1. The molecule has 0 spiro atoms. The highest BCUT2D eigenvalue weighted by Gasteiger charge is 2.23. The maximum absolute atomic E-state index is 10.2. The van der Waals surface area contributed by atoms with Gasteiger partial charge >= 0.3 is 0 Å². The van der Waals surface area contributed by atoms with E-state index in [-0.39, 0.29) is 0 Å². The predicted octanol–water partition coefficient (Wildman–Crippen LogP) is 3.02. The van der Waals surface area contributed by atoms with Crippen molar-refractivity contribution in [3.05, 3.63) is 29.3 Å². The Labute approximate surface area is 128 Å². The predicted molar refractivity (Wildman–Crippen MR) is 86.8 cm³/mol. The maximum atomic E-state index is 10.2. The molecule has 0 saturated carbocycles. The Bertz CT molecular complexity index is 451. The second kappa shape index (κ2) is 7.28. The Balaban J connectivity index is 1.80. The monoisotopic (exact) mass is 291 g/mol. The molecule has 1 aromatic rings. The van der Waals surface area contributed by atoms with Crippen LogP contribution in [0.15, 0.2) is 18.2 Å². The third-order valence-corrected chi connectivity index (χ3v) is 4.18. The lowest BCUT2D eigenvalue weighted by Gasteiger charge is -2.35. The molecule has 0 amide bonds. The van der Waals surface area contributed by atoms with Crippen molar-refractivity contribution in [3.63, 3.8) is 0 Å². The Kier molecular flexibility index (Phi) is 5.65. The van der Waals surface area contributed by atoms with Crippen molar-refractivity contribution < 1.29 is 9.84 Å². The van der Waals surface area contributed by atoms with Crippen LogP contribution in [0.3, 0.4) is 0 Å². The van der Waals surface area contributed by atoms with Gasteiger partial charge in [-0.2, -0.15) is 0 Å². The molecule has 3 heteroatoms. The zero-order valence-corrected chi connectivity index (χ0v) is 13.8. The average molecular weight is 291 g/mol. The van der Waals surface area contributed by atoms with E-state index in [0.717, 1.165) is 36.2 Å². The molecular weight excluding hydrogens is 262 g/mol. The highest BCUT2D eigenvalue weighted by atomic mass is 16.5.